The Morgan fingerprint density at radius 3 is 2.66 bits per heavy atom. The molecule has 2 aliphatic rings. The van der Waals surface area contributed by atoms with Crippen molar-refractivity contribution in [3.63, 3.8) is 0 Å². The van der Waals surface area contributed by atoms with Crippen LogP contribution < -0.4 is 21.7 Å². The number of aromatic nitrogens is 1. The van der Waals surface area contributed by atoms with Crippen molar-refractivity contribution in [2.75, 3.05) is 43.4 Å². The van der Waals surface area contributed by atoms with Gasteiger partial charge >= 0.3 is 0 Å². The van der Waals surface area contributed by atoms with Crippen LogP contribution in [0.15, 0.2) is 59.4 Å². The van der Waals surface area contributed by atoms with Crippen LogP contribution in [-0.2, 0) is 20.9 Å². The number of amides is 3. The van der Waals surface area contributed by atoms with Crippen LogP contribution in [0.25, 0.3) is 0 Å². The van der Waals surface area contributed by atoms with Crippen molar-refractivity contribution < 1.29 is 14.4 Å². The highest BCUT2D eigenvalue weighted by Crippen LogP contribution is 2.36. The zero-order valence-electron chi connectivity index (χ0n) is 21.6. The molecule has 1 aromatic heterocycles. The Kier molecular flexibility index (Phi) is 9.61. The summed E-state index contributed by atoms with van der Waals surface area (Å²) in [4.78, 5) is 46.1. The Hall–Kier alpha value is -3.57. The summed E-state index contributed by atoms with van der Waals surface area (Å²) in [5, 5.41) is 9.03. The van der Waals surface area contributed by atoms with E-state index in [1.807, 2.05) is 43.3 Å². The minimum atomic E-state index is -0.439. The van der Waals surface area contributed by atoms with Gasteiger partial charge in [0.05, 0.1) is 12.2 Å². The molecule has 5 N–H and O–H groups in total. The predicted molar refractivity (Wildman–Crippen MR) is 150 cm³/mol. The van der Waals surface area contributed by atoms with Crippen molar-refractivity contribution in [2.45, 2.75) is 38.0 Å². The summed E-state index contributed by atoms with van der Waals surface area (Å²) in [6.07, 6.45) is 4.53. The SMILES string of the molecule is CCN1C(=O)[C@@H](CNc2cccc(NC(=O)CCN3CCCC3)c2)S/C1=C(/N)C(=O)NCc1ccccn1. The lowest BCUT2D eigenvalue weighted by molar-refractivity contribution is -0.127. The monoisotopic (exact) mass is 537 g/mol. The maximum absolute atomic E-state index is 13.0. The summed E-state index contributed by atoms with van der Waals surface area (Å²) in [5.41, 5.74) is 8.41. The third-order valence-corrected chi connectivity index (χ3v) is 7.80. The van der Waals surface area contributed by atoms with E-state index in [2.05, 4.69) is 25.8 Å². The summed E-state index contributed by atoms with van der Waals surface area (Å²) in [7, 11) is 0. The van der Waals surface area contributed by atoms with Crippen molar-refractivity contribution in [1.29, 1.82) is 0 Å². The van der Waals surface area contributed by atoms with E-state index in [1.54, 1.807) is 17.2 Å². The van der Waals surface area contributed by atoms with E-state index in [-0.39, 0.29) is 24.1 Å². The van der Waals surface area contributed by atoms with Gasteiger partial charge in [-0.3, -0.25) is 19.4 Å². The number of hydrogen-bond acceptors (Lipinski definition) is 8. The van der Waals surface area contributed by atoms with E-state index < -0.39 is 11.2 Å². The average molecular weight is 538 g/mol. The van der Waals surface area contributed by atoms with Gasteiger partial charge in [-0.25, -0.2) is 0 Å². The molecule has 2 fully saturated rings. The average Bonchev–Trinajstić information content (AvgIpc) is 3.57. The van der Waals surface area contributed by atoms with Gasteiger partial charge in [-0.05, 0) is 63.2 Å². The number of anilines is 2. The van der Waals surface area contributed by atoms with Crippen LogP contribution in [0, 0.1) is 0 Å². The molecule has 3 amide bonds. The molecule has 10 nitrogen and oxygen atoms in total. The van der Waals surface area contributed by atoms with Gasteiger partial charge in [0.25, 0.3) is 5.91 Å². The van der Waals surface area contributed by atoms with Gasteiger partial charge in [0.15, 0.2) is 0 Å². The number of rotatable bonds is 11. The molecular formula is C27H35N7O3S. The van der Waals surface area contributed by atoms with Crippen molar-refractivity contribution in [3.05, 3.63) is 65.1 Å². The fourth-order valence-corrected chi connectivity index (χ4v) is 5.66. The molecule has 4 rings (SSSR count). The van der Waals surface area contributed by atoms with Crippen LogP contribution in [0.1, 0.15) is 31.9 Å². The van der Waals surface area contributed by atoms with E-state index in [1.165, 1.54) is 24.6 Å². The van der Waals surface area contributed by atoms with Gasteiger partial charge in [0, 0.05) is 43.6 Å². The molecule has 2 aromatic rings. The first-order valence-corrected chi connectivity index (χ1v) is 13.8. The fraction of sp³-hybridized carbons (Fsp3) is 0.407. The van der Waals surface area contributed by atoms with E-state index in [4.69, 9.17) is 5.73 Å². The number of carbonyl (C=O) groups excluding carboxylic acids is 3. The van der Waals surface area contributed by atoms with Gasteiger partial charge < -0.3 is 31.5 Å². The number of hydrogen-bond donors (Lipinski definition) is 4. The number of carbonyl (C=O) groups is 3. The third kappa shape index (κ3) is 7.26. The largest absolute Gasteiger partial charge is 0.392 e. The second kappa shape index (κ2) is 13.3. The maximum atomic E-state index is 13.0. The molecule has 1 aromatic carbocycles. The lowest BCUT2D eigenvalue weighted by Crippen LogP contribution is -2.35. The van der Waals surface area contributed by atoms with Gasteiger partial charge in [-0.1, -0.05) is 23.9 Å². The Labute approximate surface area is 227 Å². The zero-order chi connectivity index (χ0) is 26.9. The zero-order valence-corrected chi connectivity index (χ0v) is 22.4. The fourth-order valence-electron chi connectivity index (χ4n) is 4.43. The molecule has 11 heteroatoms. The molecule has 0 radical (unpaired) electrons. The number of thioether (sulfide) groups is 1. The highest BCUT2D eigenvalue weighted by atomic mass is 32.2. The molecule has 3 heterocycles. The molecule has 0 spiro atoms. The van der Waals surface area contributed by atoms with E-state index in [9.17, 15) is 14.4 Å². The Balaban J connectivity index is 1.31. The quantitative estimate of drug-likeness (QED) is 0.321. The Morgan fingerprint density at radius 1 is 1.13 bits per heavy atom. The first-order valence-electron chi connectivity index (χ1n) is 13.0. The van der Waals surface area contributed by atoms with Gasteiger partial charge in [0.2, 0.25) is 11.8 Å². The molecule has 0 aliphatic carbocycles. The minimum absolute atomic E-state index is 0.0132. The maximum Gasteiger partial charge on any atom is 0.270 e. The summed E-state index contributed by atoms with van der Waals surface area (Å²) in [6, 6.07) is 12.9. The van der Waals surface area contributed by atoms with Crippen LogP contribution >= 0.6 is 11.8 Å². The summed E-state index contributed by atoms with van der Waals surface area (Å²) in [6.45, 7) is 5.76. The number of likely N-dealkylation sites (tertiary alicyclic amines) is 1. The predicted octanol–water partition coefficient (Wildman–Crippen LogP) is 2.33. The van der Waals surface area contributed by atoms with Crippen LogP contribution in [0.5, 0.6) is 0 Å². The number of nitrogens with two attached hydrogens (primary N) is 1. The lowest BCUT2D eigenvalue weighted by atomic mass is 10.2. The number of pyridine rings is 1. The van der Waals surface area contributed by atoms with Crippen LogP contribution in [0.2, 0.25) is 0 Å². The molecule has 0 bridgehead atoms. The molecule has 38 heavy (non-hydrogen) atoms. The summed E-state index contributed by atoms with van der Waals surface area (Å²) < 4.78 is 0. The molecule has 0 saturated carbocycles. The first kappa shape index (κ1) is 27.5. The van der Waals surface area contributed by atoms with Crippen molar-refractivity contribution in [1.82, 2.24) is 20.1 Å². The molecule has 1 atom stereocenters. The standard InChI is InChI=1S/C27H35N7O3S/c1-2-34-26(37)22(38-27(34)24(28)25(36)31-17-21-8-3-4-12-29-21)18-30-19-9-7-10-20(16-19)32-23(35)11-15-33-13-5-6-14-33/h3-4,7-10,12,16,22,30H,2,5-6,11,13-15,17-18,28H2,1H3,(H,31,36)(H,32,35)/b27-24+/t22-/m1/s1. The highest BCUT2D eigenvalue weighted by molar-refractivity contribution is 8.04. The van der Waals surface area contributed by atoms with Gasteiger partial charge in [0.1, 0.15) is 16.0 Å². The third-order valence-electron chi connectivity index (χ3n) is 6.48. The van der Waals surface area contributed by atoms with Crippen molar-refractivity contribution in [3.8, 4) is 0 Å². The smallest absolute Gasteiger partial charge is 0.270 e. The van der Waals surface area contributed by atoms with Crippen molar-refractivity contribution in [2.24, 2.45) is 5.73 Å². The normalized spacial score (nSPS) is 18.9. The molecule has 0 unspecified atom stereocenters. The minimum Gasteiger partial charge on any atom is -0.392 e. The van der Waals surface area contributed by atoms with Crippen LogP contribution in [0.4, 0.5) is 11.4 Å². The number of nitrogens with zero attached hydrogens (tertiary/aromatic N) is 3. The Morgan fingerprint density at radius 2 is 1.92 bits per heavy atom. The molecule has 2 aliphatic heterocycles. The second-order valence-electron chi connectivity index (χ2n) is 9.22. The number of nitrogens with one attached hydrogen (secondary N) is 3. The van der Waals surface area contributed by atoms with Crippen LogP contribution in [-0.4, -0.2) is 70.5 Å². The van der Waals surface area contributed by atoms with Crippen LogP contribution in [0.3, 0.4) is 0 Å². The summed E-state index contributed by atoms with van der Waals surface area (Å²) in [5.74, 6) is -0.557. The van der Waals surface area contributed by atoms with Gasteiger partial charge in [-0.2, -0.15) is 0 Å². The molecular weight excluding hydrogens is 502 g/mol. The first-order chi connectivity index (χ1) is 18.4. The second-order valence-corrected chi connectivity index (χ2v) is 10.4. The molecule has 2 saturated heterocycles. The van der Waals surface area contributed by atoms with E-state index in [0.717, 1.165) is 25.3 Å². The lowest BCUT2D eigenvalue weighted by Gasteiger charge is -2.16. The highest BCUT2D eigenvalue weighted by Gasteiger charge is 2.38. The van der Waals surface area contributed by atoms with E-state index in [0.29, 0.717) is 35.9 Å². The van der Waals surface area contributed by atoms with E-state index >= 15 is 0 Å². The number of benzene rings is 1. The van der Waals surface area contributed by atoms with Crippen molar-refractivity contribution >= 4 is 40.9 Å². The van der Waals surface area contributed by atoms with Gasteiger partial charge in [-0.15, -0.1) is 0 Å². The summed E-state index contributed by atoms with van der Waals surface area (Å²) >= 11 is 1.28. The topological polar surface area (TPSA) is 133 Å². The Bertz CT molecular complexity index is 1170. The molecule has 202 valence electrons.